The summed E-state index contributed by atoms with van der Waals surface area (Å²) < 4.78 is 0. The number of aryl methyl sites for hydroxylation is 4. The Morgan fingerprint density at radius 3 is 1.42 bits per heavy atom. The first-order chi connectivity index (χ1) is 12.7. The zero-order valence-electron chi connectivity index (χ0n) is 15.0. The summed E-state index contributed by atoms with van der Waals surface area (Å²) in [5.74, 6) is 0. The lowest BCUT2D eigenvalue weighted by atomic mass is 9.78. The molecule has 0 nitrogen and oxygen atoms in total. The Labute approximate surface area is 151 Å². The summed E-state index contributed by atoms with van der Waals surface area (Å²) in [7, 11) is 0. The minimum absolute atomic E-state index is 1.16. The van der Waals surface area contributed by atoms with E-state index in [1.807, 2.05) is 0 Å². The lowest BCUT2D eigenvalue weighted by Crippen LogP contribution is -2.04. The van der Waals surface area contributed by atoms with Crippen LogP contribution in [-0.4, -0.2) is 0 Å². The molecule has 1 aliphatic carbocycles. The molecule has 0 bridgehead atoms. The minimum atomic E-state index is 1.16. The van der Waals surface area contributed by atoms with Crippen molar-refractivity contribution < 1.29 is 0 Å². The molecule has 0 saturated carbocycles. The summed E-state index contributed by atoms with van der Waals surface area (Å²) in [6, 6.07) is 18.9. The van der Waals surface area contributed by atoms with Crippen LogP contribution in [0.3, 0.4) is 0 Å². The second-order valence-electron chi connectivity index (χ2n) is 8.19. The third kappa shape index (κ3) is 1.30. The van der Waals surface area contributed by atoms with Crippen molar-refractivity contribution in [2.24, 2.45) is 0 Å². The lowest BCUT2D eigenvalue weighted by Gasteiger charge is -2.26. The SMILES string of the molecule is Cc1cc2ccc3cc(C)c4ccc5c6c7c(ccc1c7c2c3c46)CC5. The van der Waals surface area contributed by atoms with Crippen LogP contribution in [0.1, 0.15) is 22.3 Å². The highest BCUT2D eigenvalue weighted by Gasteiger charge is 2.24. The molecule has 0 radical (unpaired) electrons. The van der Waals surface area contributed by atoms with Crippen molar-refractivity contribution in [3.8, 4) is 0 Å². The van der Waals surface area contributed by atoms with Gasteiger partial charge in [-0.05, 0) is 103 Å². The molecule has 6 aromatic rings. The van der Waals surface area contributed by atoms with Crippen LogP contribution >= 0.6 is 0 Å². The average molecular weight is 330 g/mol. The molecule has 0 aliphatic heterocycles. The maximum Gasteiger partial charge on any atom is -0.00138 e. The van der Waals surface area contributed by atoms with Crippen molar-refractivity contribution in [3.05, 3.63) is 70.8 Å². The molecule has 1 aliphatic rings. The first kappa shape index (κ1) is 13.4. The second-order valence-corrected chi connectivity index (χ2v) is 8.19. The predicted octanol–water partition coefficient (Wildman–Crippen LogP) is 7.04. The summed E-state index contributed by atoms with van der Waals surface area (Å²) >= 11 is 0. The molecule has 0 heteroatoms. The highest BCUT2D eigenvalue weighted by atomic mass is 14.3. The van der Waals surface area contributed by atoms with E-state index >= 15 is 0 Å². The largest absolute Gasteiger partial charge is 0.0578 e. The number of hydrogen-bond donors (Lipinski definition) is 0. The Hall–Kier alpha value is -2.86. The van der Waals surface area contributed by atoms with Gasteiger partial charge in [0.2, 0.25) is 0 Å². The lowest BCUT2D eigenvalue weighted by molar-refractivity contribution is 0.969. The van der Waals surface area contributed by atoms with Crippen LogP contribution in [0.4, 0.5) is 0 Å². The van der Waals surface area contributed by atoms with E-state index in [1.54, 1.807) is 0 Å². The summed E-state index contributed by atoms with van der Waals surface area (Å²) in [4.78, 5) is 0. The van der Waals surface area contributed by atoms with Crippen LogP contribution in [0.5, 0.6) is 0 Å². The quantitative estimate of drug-likeness (QED) is 0.207. The summed E-state index contributed by atoms with van der Waals surface area (Å²) in [6.45, 7) is 4.53. The molecule has 0 amide bonds. The van der Waals surface area contributed by atoms with Gasteiger partial charge in [-0.15, -0.1) is 0 Å². The number of hydrogen-bond acceptors (Lipinski definition) is 0. The molecule has 7 rings (SSSR count). The third-order valence-electron chi connectivity index (χ3n) is 6.86. The molecular formula is C26H18. The zero-order valence-corrected chi connectivity index (χ0v) is 15.0. The van der Waals surface area contributed by atoms with Crippen LogP contribution in [0.25, 0.3) is 53.9 Å². The molecule has 0 heterocycles. The van der Waals surface area contributed by atoms with E-state index in [4.69, 9.17) is 0 Å². The Morgan fingerprint density at radius 1 is 0.500 bits per heavy atom. The van der Waals surface area contributed by atoms with Gasteiger partial charge in [0.15, 0.2) is 0 Å². The van der Waals surface area contributed by atoms with Gasteiger partial charge in [0, 0.05) is 0 Å². The highest BCUT2D eigenvalue weighted by molar-refractivity contribution is 6.41. The first-order valence-electron chi connectivity index (χ1n) is 9.59. The molecule has 0 fully saturated rings. The smallest absolute Gasteiger partial charge is 0.00138 e. The molecule has 0 saturated heterocycles. The van der Waals surface area contributed by atoms with Crippen molar-refractivity contribution >= 4 is 53.9 Å². The highest BCUT2D eigenvalue weighted by Crippen LogP contribution is 2.49. The van der Waals surface area contributed by atoms with Crippen LogP contribution in [0.15, 0.2) is 48.5 Å². The minimum Gasteiger partial charge on any atom is -0.0578 e. The van der Waals surface area contributed by atoms with Crippen LogP contribution < -0.4 is 0 Å². The molecule has 6 aromatic carbocycles. The Morgan fingerprint density at radius 2 is 0.962 bits per heavy atom. The molecule has 0 aromatic heterocycles. The van der Waals surface area contributed by atoms with E-state index in [9.17, 15) is 0 Å². The van der Waals surface area contributed by atoms with Crippen LogP contribution in [0.2, 0.25) is 0 Å². The summed E-state index contributed by atoms with van der Waals surface area (Å²) in [6.07, 6.45) is 2.33. The molecule has 26 heavy (non-hydrogen) atoms. The van der Waals surface area contributed by atoms with E-state index in [-0.39, 0.29) is 0 Å². The molecule has 0 atom stereocenters. The fourth-order valence-corrected chi connectivity index (χ4v) is 5.76. The Balaban J connectivity index is 2.05. The molecule has 122 valence electrons. The predicted molar refractivity (Wildman–Crippen MR) is 113 cm³/mol. The maximum absolute atomic E-state index is 2.39. The van der Waals surface area contributed by atoms with Crippen LogP contribution in [0, 0.1) is 13.8 Å². The Bertz CT molecular complexity index is 1410. The molecule has 0 unspecified atom stereocenters. The topological polar surface area (TPSA) is 0 Å². The Kier molecular flexibility index (Phi) is 2.11. The van der Waals surface area contributed by atoms with Gasteiger partial charge in [-0.1, -0.05) is 48.5 Å². The van der Waals surface area contributed by atoms with Crippen molar-refractivity contribution in [1.82, 2.24) is 0 Å². The molecule has 0 spiro atoms. The molecule has 0 N–H and O–H groups in total. The van der Waals surface area contributed by atoms with E-state index in [2.05, 4.69) is 62.4 Å². The summed E-state index contributed by atoms with van der Waals surface area (Å²) in [5, 5.41) is 14.7. The van der Waals surface area contributed by atoms with Crippen LogP contribution in [-0.2, 0) is 12.8 Å². The summed E-state index contributed by atoms with van der Waals surface area (Å²) in [5.41, 5.74) is 5.86. The van der Waals surface area contributed by atoms with Gasteiger partial charge in [-0.25, -0.2) is 0 Å². The second kappa shape index (κ2) is 4.10. The van der Waals surface area contributed by atoms with Gasteiger partial charge >= 0.3 is 0 Å². The standard InChI is InChI=1S/C26H18/c1-13-11-17-5-6-18-12-14(2)20-10-8-16-4-3-15-7-9-19(13)25-21(15)22(16)26(20)24(18)23(17)25/h5-12H,3-4H2,1-2H3. The van der Waals surface area contributed by atoms with Gasteiger partial charge in [-0.2, -0.15) is 0 Å². The average Bonchev–Trinajstić information content (AvgIpc) is 2.66. The monoisotopic (exact) mass is 330 g/mol. The fourth-order valence-electron chi connectivity index (χ4n) is 5.76. The van der Waals surface area contributed by atoms with Crippen molar-refractivity contribution in [2.75, 3.05) is 0 Å². The van der Waals surface area contributed by atoms with Crippen molar-refractivity contribution in [2.45, 2.75) is 26.7 Å². The maximum atomic E-state index is 2.39. The van der Waals surface area contributed by atoms with Gasteiger partial charge in [0.1, 0.15) is 0 Å². The van der Waals surface area contributed by atoms with Gasteiger partial charge < -0.3 is 0 Å². The molecular weight excluding hydrogens is 312 g/mol. The van der Waals surface area contributed by atoms with Crippen molar-refractivity contribution in [1.29, 1.82) is 0 Å². The normalized spacial score (nSPS) is 14.2. The van der Waals surface area contributed by atoms with E-state index in [1.165, 1.54) is 76.1 Å². The van der Waals surface area contributed by atoms with Gasteiger partial charge in [0.05, 0.1) is 0 Å². The fraction of sp³-hybridized carbons (Fsp3) is 0.154. The van der Waals surface area contributed by atoms with Gasteiger partial charge in [0.25, 0.3) is 0 Å². The van der Waals surface area contributed by atoms with E-state index in [0.717, 1.165) is 12.8 Å². The van der Waals surface area contributed by atoms with Gasteiger partial charge in [-0.3, -0.25) is 0 Å². The number of rotatable bonds is 0. The van der Waals surface area contributed by atoms with Crippen molar-refractivity contribution in [3.63, 3.8) is 0 Å². The third-order valence-corrected chi connectivity index (χ3v) is 6.86. The van der Waals surface area contributed by atoms with E-state index in [0.29, 0.717) is 0 Å². The van der Waals surface area contributed by atoms with E-state index < -0.39 is 0 Å². The number of benzene rings is 6. The zero-order chi connectivity index (χ0) is 17.2. The first-order valence-corrected chi connectivity index (χ1v) is 9.59.